The van der Waals surface area contributed by atoms with E-state index in [4.69, 9.17) is 9.47 Å². The van der Waals surface area contributed by atoms with Crippen molar-refractivity contribution in [3.8, 4) is 0 Å². The van der Waals surface area contributed by atoms with Gasteiger partial charge in [0, 0.05) is 31.8 Å². The van der Waals surface area contributed by atoms with Crippen molar-refractivity contribution in [2.75, 3.05) is 13.1 Å². The summed E-state index contributed by atoms with van der Waals surface area (Å²) in [5, 5.41) is 10.0. The molecule has 1 saturated heterocycles. The van der Waals surface area contributed by atoms with Crippen LogP contribution in [0.1, 0.15) is 80.1 Å². The number of ether oxygens (including phenoxy) is 2. The van der Waals surface area contributed by atoms with Crippen molar-refractivity contribution in [3.05, 3.63) is 23.8 Å². The lowest BCUT2D eigenvalue weighted by atomic mass is 9.65. The van der Waals surface area contributed by atoms with Crippen LogP contribution in [0.2, 0.25) is 0 Å². The highest BCUT2D eigenvalue weighted by atomic mass is 16.6. The molecule has 1 fully saturated rings. The number of nitrogens with zero attached hydrogens (tertiary/aromatic N) is 1. The monoisotopic (exact) mass is 503 g/mol. The average molecular weight is 504 g/mol. The second-order valence-electron chi connectivity index (χ2n) is 11.4. The molecule has 0 aromatic rings. The van der Waals surface area contributed by atoms with Crippen molar-refractivity contribution < 1.29 is 29.0 Å². The van der Waals surface area contributed by atoms with Crippen LogP contribution in [-0.2, 0) is 23.9 Å². The number of cyclic esters (lactones) is 1. The van der Waals surface area contributed by atoms with Gasteiger partial charge in [-0.3, -0.25) is 14.4 Å². The van der Waals surface area contributed by atoms with Crippen LogP contribution in [0.5, 0.6) is 0 Å². The number of carbonyl (C=O) groups excluding carboxylic acids is 3. The highest BCUT2D eigenvalue weighted by molar-refractivity contribution is 5.81. The third-order valence-corrected chi connectivity index (χ3v) is 8.54. The van der Waals surface area contributed by atoms with Gasteiger partial charge >= 0.3 is 11.9 Å². The molecule has 7 heteroatoms. The van der Waals surface area contributed by atoms with Gasteiger partial charge in [0.15, 0.2) is 0 Å². The maximum absolute atomic E-state index is 13.3. The summed E-state index contributed by atoms with van der Waals surface area (Å²) in [6.45, 7) is 13.2. The molecule has 0 saturated carbocycles. The first-order valence-corrected chi connectivity index (χ1v) is 13.8. The number of fused-ring (bicyclic) bond motifs is 1. The van der Waals surface area contributed by atoms with E-state index in [9.17, 15) is 19.5 Å². The van der Waals surface area contributed by atoms with Gasteiger partial charge in [0.1, 0.15) is 12.2 Å². The van der Waals surface area contributed by atoms with Gasteiger partial charge < -0.3 is 19.5 Å². The van der Waals surface area contributed by atoms with Crippen molar-refractivity contribution in [2.45, 2.75) is 98.4 Å². The number of esters is 2. The number of rotatable bonds is 9. The Labute approximate surface area is 216 Å². The number of aliphatic hydroxyl groups excluding tert-OH is 1. The van der Waals surface area contributed by atoms with Crippen molar-refractivity contribution in [2.24, 2.45) is 29.1 Å². The van der Waals surface area contributed by atoms with Crippen molar-refractivity contribution >= 4 is 17.8 Å². The van der Waals surface area contributed by atoms with E-state index < -0.39 is 17.6 Å². The number of carbonyl (C=O) groups is 3. The SMILES string of the molecule is CCN(CC)C(=O)[C@@H]1C=C2C=C[C@H](C)[C@H](CC[C@@H]3C[C@@H](O)CC(=O)O3)[C@H]2[C@@H](OC(=O)C(C)(C)CC)C1. The molecule has 1 heterocycles. The molecule has 0 aromatic carbocycles. The minimum atomic E-state index is -0.651. The molecule has 0 bridgehead atoms. The van der Waals surface area contributed by atoms with Crippen LogP contribution in [0.3, 0.4) is 0 Å². The van der Waals surface area contributed by atoms with E-state index >= 15 is 0 Å². The highest BCUT2D eigenvalue weighted by Crippen LogP contribution is 2.46. The normalized spacial score (nSPS) is 32.2. The van der Waals surface area contributed by atoms with Crippen LogP contribution in [0, 0.1) is 29.1 Å². The Morgan fingerprint density at radius 1 is 1.17 bits per heavy atom. The predicted octanol–water partition coefficient (Wildman–Crippen LogP) is 4.43. The number of aliphatic hydroxyl groups is 1. The summed E-state index contributed by atoms with van der Waals surface area (Å²) in [7, 11) is 0. The summed E-state index contributed by atoms with van der Waals surface area (Å²) in [5.41, 5.74) is 0.459. The molecular weight excluding hydrogens is 458 g/mol. The van der Waals surface area contributed by atoms with E-state index in [0.29, 0.717) is 38.8 Å². The standard InChI is InChI=1S/C29H45NO6/c1-7-29(5,6)28(34)36-24-15-20(27(33)30(8-2)9-3)14-19-11-10-18(4)23(26(19)24)13-12-22-16-21(31)17-25(32)35-22/h10-11,14,18,20-24,26,31H,7-9,12-13,15-17H2,1-6H3/t18-,20+,21+,22+,23-,24-,26-/m0/s1. The molecule has 7 atom stereocenters. The van der Waals surface area contributed by atoms with Crippen molar-refractivity contribution in [1.82, 2.24) is 4.90 Å². The fraction of sp³-hybridized carbons (Fsp3) is 0.759. The minimum Gasteiger partial charge on any atom is -0.462 e. The molecule has 1 N–H and O–H groups in total. The lowest BCUT2D eigenvalue weighted by Crippen LogP contribution is -2.46. The third kappa shape index (κ3) is 6.39. The molecule has 1 amide bonds. The molecule has 36 heavy (non-hydrogen) atoms. The van der Waals surface area contributed by atoms with Crippen LogP contribution in [-0.4, -0.2) is 59.3 Å². The largest absolute Gasteiger partial charge is 0.462 e. The van der Waals surface area contributed by atoms with Gasteiger partial charge in [-0.05, 0) is 64.4 Å². The first-order chi connectivity index (χ1) is 17.0. The molecule has 3 rings (SSSR count). The quantitative estimate of drug-likeness (QED) is 0.468. The molecule has 0 aromatic heterocycles. The average Bonchev–Trinajstić information content (AvgIpc) is 2.83. The van der Waals surface area contributed by atoms with E-state index in [1.54, 1.807) is 0 Å². The van der Waals surface area contributed by atoms with E-state index in [-0.39, 0.29) is 54.0 Å². The molecule has 0 radical (unpaired) electrons. The molecule has 1 aliphatic heterocycles. The van der Waals surface area contributed by atoms with Crippen LogP contribution in [0.15, 0.2) is 23.8 Å². The number of allylic oxidation sites excluding steroid dienone is 2. The summed E-state index contributed by atoms with van der Waals surface area (Å²) < 4.78 is 11.7. The van der Waals surface area contributed by atoms with E-state index in [0.717, 1.165) is 12.0 Å². The van der Waals surface area contributed by atoms with Crippen LogP contribution < -0.4 is 0 Å². The molecule has 0 spiro atoms. The van der Waals surface area contributed by atoms with Crippen LogP contribution in [0.4, 0.5) is 0 Å². The summed E-state index contributed by atoms with van der Waals surface area (Å²) in [5.74, 6) is -0.430. The predicted molar refractivity (Wildman–Crippen MR) is 138 cm³/mol. The lowest BCUT2D eigenvalue weighted by molar-refractivity contribution is -0.166. The molecule has 202 valence electrons. The second-order valence-corrected chi connectivity index (χ2v) is 11.4. The van der Waals surface area contributed by atoms with Gasteiger partial charge in [0.05, 0.1) is 23.9 Å². The van der Waals surface area contributed by atoms with Gasteiger partial charge in [-0.1, -0.05) is 32.1 Å². The van der Waals surface area contributed by atoms with E-state index in [2.05, 4.69) is 25.2 Å². The summed E-state index contributed by atoms with van der Waals surface area (Å²) in [6.07, 6.45) is 8.10. The lowest BCUT2D eigenvalue weighted by Gasteiger charge is -2.44. The fourth-order valence-corrected chi connectivity index (χ4v) is 5.81. The Hall–Kier alpha value is -2.15. The zero-order chi connectivity index (χ0) is 26.6. The Bertz CT molecular complexity index is 873. The number of hydrogen-bond donors (Lipinski definition) is 1. The Morgan fingerprint density at radius 2 is 1.86 bits per heavy atom. The molecule has 0 unspecified atom stereocenters. The van der Waals surface area contributed by atoms with Gasteiger partial charge in [-0.15, -0.1) is 0 Å². The second kappa shape index (κ2) is 11.9. The van der Waals surface area contributed by atoms with Gasteiger partial charge in [-0.25, -0.2) is 0 Å². The Kier molecular flexibility index (Phi) is 9.42. The zero-order valence-corrected chi connectivity index (χ0v) is 22.9. The zero-order valence-electron chi connectivity index (χ0n) is 22.9. The topological polar surface area (TPSA) is 93.1 Å². The van der Waals surface area contributed by atoms with Crippen molar-refractivity contribution in [3.63, 3.8) is 0 Å². The maximum atomic E-state index is 13.3. The molecule has 3 aliphatic rings. The van der Waals surface area contributed by atoms with Crippen LogP contribution >= 0.6 is 0 Å². The smallest absolute Gasteiger partial charge is 0.311 e. The van der Waals surface area contributed by atoms with Crippen LogP contribution in [0.25, 0.3) is 0 Å². The van der Waals surface area contributed by atoms with E-state index in [1.807, 2.05) is 39.5 Å². The highest BCUT2D eigenvalue weighted by Gasteiger charge is 2.45. The minimum absolute atomic E-state index is 0.0217. The fourth-order valence-electron chi connectivity index (χ4n) is 5.81. The Morgan fingerprint density at radius 3 is 2.47 bits per heavy atom. The summed E-state index contributed by atoms with van der Waals surface area (Å²) in [4.78, 5) is 40.2. The number of hydrogen-bond acceptors (Lipinski definition) is 6. The molecular formula is C29H45NO6. The molecule has 2 aliphatic carbocycles. The first kappa shape index (κ1) is 28.4. The van der Waals surface area contributed by atoms with E-state index in [1.165, 1.54) is 0 Å². The van der Waals surface area contributed by atoms with Gasteiger partial charge in [0.25, 0.3) is 0 Å². The summed E-state index contributed by atoms with van der Waals surface area (Å²) in [6, 6.07) is 0. The van der Waals surface area contributed by atoms with Gasteiger partial charge in [-0.2, -0.15) is 0 Å². The third-order valence-electron chi connectivity index (χ3n) is 8.54. The molecule has 7 nitrogen and oxygen atoms in total. The number of amides is 1. The Balaban J connectivity index is 1.88. The first-order valence-electron chi connectivity index (χ1n) is 13.8. The maximum Gasteiger partial charge on any atom is 0.311 e. The van der Waals surface area contributed by atoms with Gasteiger partial charge in [0.2, 0.25) is 5.91 Å². The summed E-state index contributed by atoms with van der Waals surface area (Å²) >= 11 is 0. The van der Waals surface area contributed by atoms with Crippen molar-refractivity contribution in [1.29, 1.82) is 0 Å².